The predicted molar refractivity (Wildman–Crippen MR) is 185 cm³/mol. The van der Waals surface area contributed by atoms with Crippen LogP contribution in [-0.2, 0) is 0 Å². The van der Waals surface area contributed by atoms with Crippen molar-refractivity contribution in [3.05, 3.63) is 0 Å². The molecule has 36 heavy (non-hydrogen) atoms. The summed E-state index contributed by atoms with van der Waals surface area (Å²) in [5.41, 5.74) is 0. The van der Waals surface area contributed by atoms with Crippen molar-refractivity contribution in [2.75, 3.05) is 23.0 Å². The van der Waals surface area contributed by atoms with E-state index in [1.54, 1.807) is 0 Å². The van der Waals surface area contributed by atoms with Gasteiger partial charge in [0.2, 0.25) is 0 Å². The lowest BCUT2D eigenvalue weighted by molar-refractivity contribution is 0.539. The minimum Gasteiger partial charge on any atom is -0.179 e. The van der Waals surface area contributed by atoms with Crippen molar-refractivity contribution < 1.29 is 0 Å². The maximum Gasteiger partial charge on any atom is -0.00979 e. The van der Waals surface area contributed by atoms with E-state index in [1.165, 1.54) is 180 Å². The molecule has 0 atom stereocenters. The fraction of sp³-hybridized carbons (Fsp3) is 1.00. The Balaban J connectivity index is 0. The zero-order valence-electron chi connectivity index (χ0n) is 24.4. The van der Waals surface area contributed by atoms with Crippen LogP contribution in [0.25, 0.3) is 0 Å². The third-order valence-corrected chi connectivity index (χ3v) is 8.40. The van der Waals surface area contributed by atoms with Gasteiger partial charge in [0, 0.05) is 0 Å². The van der Waals surface area contributed by atoms with Crippen LogP contribution in [0.15, 0.2) is 0 Å². The highest BCUT2D eigenvalue weighted by atomic mass is 32.1. The third-order valence-electron chi connectivity index (χ3n) is 7.13. The molecule has 0 fully saturated rings. The summed E-state index contributed by atoms with van der Waals surface area (Å²) >= 11 is 16.9. The summed E-state index contributed by atoms with van der Waals surface area (Å²) in [5.74, 6) is 4.25. The zero-order valence-corrected chi connectivity index (χ0v) is 28.0. The van der Waals surface area contributed by atoms with Gasteiger partial charge in [0.25, 0.3) is 0 Å². The molecule has 4 heteroatoms. The number of hydrogen-bond acceptors (Lipinski definition) is 4. The first-order chi connectivity index (χ1) is 17.8. The first-order valence-electron chi connectivity index (χ1n) is 16.3. The van der Waals surface area contributed by atoms with Crippen molar-refractivity contribution in [3.63, 3.8) is 0 Å². The van der Waals surface area contributed by atoms with Gasteiger partial charge < -0.3 is 0 Å². The second kappa shape index (κ2) is 40.9. The van der Waals surface area contributed by atoms with Gasteiger partial charge in [-0.1, -0.05) is 154 Å². The van der Waals surface area contributed by atoms with Crippen LogP contribution in [0, 0.1) is 0 Å². The Bertz CT molecular complexity index is 274. The normalized spacial score (nSPS) is 11.0. The molecule has 0 bridgehead atoms. The fourth-order valence-corrected chi connectivity index (χ4v) is 5.58. The van der Waals surface area contributed by atoms with Crippen LogP contribution in [0.5, 0.6) is 0 Å². The van der Waals surface area contributed by atoms with Gasteiger partial charge >= 0.3 is 0 Å². The van der Waals surface area contributed by atoms with Crippen molar-refractivity contribution in [1.82, 2.24) is 0 Å². The topological polar surface area (TPSA) is 0 Å². The van der Waals surface area contributed by atoms with E-state index in [0.717, 1.165) is 23.0 Å². The van der Waals surface area contributed by atoms with E-state index in [-0.39, 0.29) is 0 Å². The lowest BCUT2D eigenvalue weighted by Crippen LogP contribution is -1.84. The van der Waals surface area contributed by atoms with Gasteiger partial charge in [-0.3, -0.25) is 0 Å². The summed E-state index contributed by atoms with van der Waals surface area (Å²) in [7, 11) is 0. The number of rotatable bonds is 30. The van der Waals surface area contributed by atoms with Gasteiger partial charge in [0.05, 0.1) is 0 Å². The molecular weight excluding hydrogens is 513 g/mol. The van der Waals surface area contributed by atoms with E-state index in [1.807, 2.05) is 0 Å². The minimum absolute atomic E-state index is 1.06. The Morgan fingerprint density at radius 3 is 0.306 bits per heavy atom. The average molecular weight is 581 g/mol. The molecule has 0 nitrogen and oxygen atoms in total. The van der Waals surface area contributed by atoms with Crippen molar-refractivity contribution in [3.8, 4) is 0 Å². The van der Waals surface area contributed by atoms with Gasteiger partial charge in [-0.25, -0.2) is 0 Å². The molecule has 0 N–H and O–H groups in total. The van der Waals surface area contributed by atoms with E-state index in [2.05, 4.69) is 50.5 Å². The Hall–Kier alpha value is 1.40. The standard InChI is InChI=1S/2C16H34S2/c2*17-15-13-11-9-7-5-3-1-2-4-6-8-10-12-14-16-18/h2*17-18H,1-16H2. The molecule has 0 aliphatic carbocycles. The SMILES string of the molecule is SCCCCCCCCCCCCCCCCS.SCCCCCCCCCCCCCCCCS. The molecule has 0 amide bonds. The molecule has 0 aromatic rings. The smallest absolute Gasteiger partial charge is 0.00979 e. The lowest BCUT2D eigenvalue weighted by atomic mass is 10.0. The molecule has 0 rings (SSSR count). The molecule has 0 saturated carbocycles. The molecule has 0 unspecified atom stereocenters. The molecule has 0 spiro atoms. The largest absolute Gasteiger partial charge is 0.179 e. The van der Waals surface area contributed by atoms with Gasteiger partial charge in [-0.15, -0.1) is 0 Å². The second-order valence-corrected chi connectivity index (χ2v) is 12.6. The van der Waals surface area contributed by atoms with E-state index < -0.39 is 0 Å². The Morgan fingerprint density at radius 2 is 0.222 bits per heavy atom. The van der Waals surface area contributed by atoms with Crippen LogP contribution in [0.3, 0.4) is 0 Å². The van der Waals surface area contributed by atoms with Crippen LogP contribution >= 0.6 is 50.5 Å². The van der Waals surface area contributed by atoms with Crippen LogP contribution in [0.1, 0.15) is 180 Å². The highest BCUT2D eigenvalue weighted by Crippen LogP contribution is 2.14. The Kier molecular flexibility index (Phi) is 44.9. The first-order valence-corrected chi connectivity index (χ1v) is 18.8. The van der Waals surface area contributed by atoms with Gasteiger partial charge in [0.15, 0.2) is 0 Å². The van der Waals surface area contributed by atoms with E-state index in [4.69, 9.17) is 0 Å². The lowest BCUT2D eigenvalue weighted by Gasteiger charge is -2.02. The predicted octanol–water partition coefficient (Wildman–Crippen LogP) is 12.6. The molecule has 0 aromatic carbocycles. The minimum atomic E-state index is 1.06. The molecule has 0 aromatic heterocycles. The maximum atomic E-state index is 4.23. The number of thiol groups is 4. The zero-order chi connectivity index (χ0) is 26.6. The van der Waals surface area contributed by atoms with Crippen molar-refractivity contribution in [2.45, 2.75) is 180 Å². The van der Waals surface area contributed by atoms with Gasteiger partial charge in [0.1, 0.15) is 0 Å². The monoisotopic (exact) mass is 580 g/mol. The molecule has 0 aliphatic rings. The Morgan fingerprint density at radius 1 is 0.139 bits per heavy atom. The quantitative estimate of drug-likeness (QED) is 0.0471. The average Bonchev–Trinajstić information content (AvgIpc) is 2.89. The fourth-order valence-electron chi connectivity index (χ4n) is 4.69. The maximum absolute atomic E-state index is 4.23. The van der Waals surface area contributed by atoms with Crippen LogP contribution in [0.2, 0.25) is 0 Å². The Labute approximate surface area is 252 Å². The highest BCUT2D eigenvalue weighted by molar-refractivity contribution is 7.80. The third kappa shape index (κ3) is 42.5. The summed E-state index contributed by atoms with van der Waals surface area (Å²) in [4.78, 5) is 0. The molecule has 220 valence electrons. The van der Waals surface area contributed by atoms with Crippen LogP contribution in [-0.4, -0.2) is 23.0 Å². The van der Waals surface area contributed by atoms with E-state index >= 15 is 0 Å². The number of unbranched alkanes of at least 4 members (excludes halogenated alkanes) is 26. The van der Waals surface area contributed by atoms with Gasteiger partial charge in [-0.2, -0.15) is 50.5 Å². The molecule has 0 saturated heterocycles. The number of hydrogen-bond donors (Lipinski definition) is 4. The summed E-state index contributed by atoms with van der Waals surface area (Å²) in [6.07, 6.45) is 39.7. The van der Waals surface area contributed by atoms with Crippen LogP contribution in [0.4, 0.5) is 0 Å². The van der Waals surface area contributed by atoms with Gasteiger partial charge in [-0.05, 0) is 48.7 Å². The summed E-state index contributed by atoms with van der Waals surface area (Å²) in [6.45, 7) is 0. The van der Waals surface area contributed by atoms with Crippen molar-refractivity contribution in [2.24, 2.45) is 0 Å². The summed E-state index contributed by atoms with van der Waals surface area (Å²) in [6, 6.07) is 0. The van der Waals surface area contributed by atoms with Crippen molar-refractivity contribution in [1.29, 1.82) is 0 Å². The van der Waals surface area contributed by atoms with Crippen molar-refractivity contribution >= 4 is 50.5 Å². The molecule has 0 aliphatic heterocycles. The van der Waals surface area contributed by atoms with E-state index in [0.29, 0.717) is 0 Å². The van der Waals surface area contributed by atoms with E-state index in [9.17, 15) is 0 Å². The molecular formula is C32H68S4. The second-order valence-electron chi connectivity index (χ2n) is 10.8. The summed E-state index contributed by atoms with van der Waals surface area (Å²) < 4.78 is 0. The molecule has 0 radical (unpaired) electrons. The molecule has 0 heterocycles. The summed E-state index contributed by atoms with van der Waals surface area (Å²) in [5, 5.41) is 0. The first kappa shape index (κ1) is 39.5. The highest BCUT2D eigenvalue weighted by Gasteiger charge is 1.95. The van der Waals surface area contributed by atoms with Crippen LogP contribution < -0.4 is 0 Å².